The van der Waals surface area contributed by atoms with Crippen molar-refractivity contribution in [3.63, 3.8) is 0 Å². The highest BCUT2D eigenvalue weighted by Crippen LogP contribution is 2.63. The number of carbonyl (C=O) groups excluding carboxylic acids is 3. The third kappa shape index (κ3) is 3.17. The summed E-state index contributed by atoms with van der Waals surface area (Å²) in [4.78, 5) is 36.9. The minimum absolute atomic E-state index is 0.183. The summed E-state index contributed by atoms with van der Waals surface area (Å²) >= 11 is 0. The Balaban J connectivity index is 1.38. The van der Waals surface area contributed by atoms with Crippen molar-refractivity contribution in [1.82, 2.24) is 10.6 Å². The number of amides is 4. The molecule has 2 fully saturated rings. The van der Waals surface area contributed by atoms with Crippen LogP contribution in [-0.4, -0.2) is 23.4 Å². The quantitative estimate of drug-likeness (QED) is 0.480. The van der Waals surface area contributed by atoms with Crippen LogP contribution in [0.2, 0.25) is 0 Å². The molecule has 5 rings (SSSR count). The Bertz CT molecular complexity index is 1170. The number of allylic oxidation sites excluding steroid dienone is 2. The van der Waals surface area contributed by atoms with Gasteiger partial charge >= 0.3 is 6.03 Å². The van der Waals surface area contributed by atoms with Gasteiger partial charge in [0.15, 0.2) is 11.6 Å². The van der Waals surface area contributed by atoms with Gasteiger partial charge in [0.25, 0.3) is 11.8 Å². The largest absolute Gasteiger partial charge is 0.486 e. The van der Waals surface area contributed by atoms with E-state index >= 15 is 0 Å². The van der Waals surface area contributed by atoms with Crippen LogP contribution in [0, 0.1) is 5.41 Å². The fraction of sp³-hybridized carbons (Fsp3) is 0.240. The molecule has 1 spiro atoms. The summed E-state index contributed by atoms with van der Waals surface area (Å²) in [6.07, 6.45) is 3.19. The maximum atomic E-state index is 12.6. The number of rotatable bonds is 6. The van der Waals surface area contributed by atoms with E-state index in [9.17, 15) is 14.4 Å². The van der Waals surface area contributed by atoms with E-state index in [1.807, 2.05) is 12.1 Å². The van der Waals surface area contributed by atoms with Crippen molar-refractivity contribution < 1.29 is 19.1 Å². The number of ether oxygens (including phenoxy) is 1. The van der Waals surface area contributed by atoms with Crippen LogP contribution in [0.3, 0.4) is 0 Å². The van der Waals surface area contributed by atoms with Crippen molar-refractivity contribution in [2.75, 3.05) is 5.32 Å². The van der Waals surface area contributed by atoms with Crippen LogP contribution in [0.1, 0.15) is 41.8 Å². The molecule has 2 aliphatic carbocycles. The Morgan fingerprint density at radius 1 is 1.12 bits per heavy atom. The molecule has 3 atom stereocenters. The van der Waals surface area contributed by atoms with Crippen LogP contribution in [0.5, 0.6) is 0 Å². The van der Waals surface area contributed by atoms with Gasteiger partial charge in [0.05, 0.1) is 5.41 Å². The van der Waals surface area contributed by atoms with Crippen LogP contribution >= 0.6 is 0 Å². The summed E-state index contributed by atoms with van der Waals surface area (Å²) in [7, 11) is 0. The van der Waals surface area contributed by atoms with E-state index in [0.29, 0.717) is 16.8 Å². The maximum absolute atomic E-state index is 12.6. The van der Waals surface area contributed by atoms with E-state index in [0.717, 1.165) is 24.2 Å². The minimum atomic E-state index is -1.28. The molecule has 3 aliphatic rings. The van der Waals surface area contributed by atoms with Crippen molar-refractivity contribution in [2.45, 2.75) is 31.4 Å². The van der Waals surface area contributed by atoms with E-state index in [2.05, 4.69) is 22.5 Å². The number of urea groups is 1. The number of anilines is 1. The van der Waals surface area contributed by atoms with Crippen molar-refractivity contribution in [3.05, 3.63) is 89.7 Å². The van der Waals surface area contributed by atoms with E-state index in [4.69, 9.17) is 4.74 Å². The molecule has 4 amide bonds. The summed E-state index contributed by atoms with van der Waals surface area (Å²) in [6.45, 7) is 5.74. The fourth-order valence-corrected chi connectivity index (χ4v) is 4.29. The molecule has 7 nitrogen and oxygen atoms in total. The van der Waals surface area contributed by atoms with E-state index in [1.165, 1.54) is 0 Å². The van der Waals surface area contributed by atoms with E-state index < -0.39 is 23.6 Å². The van der Waals surface area contributed by atoms with Crippen LogP contribution in [-0.2, 0) is 9.53 Å². The molecule has 0 aromatic heterocycles. The number of nitrogens with one attached hydrogen (secondary N) is 3. The summed E-state index contributed by atoms with van der Waals surface area (Å²) in [5, 5.41) is 7.87. The number of hydrogen-bond donors (Lipinski definition) is 3. The van der Waals surface area contributed by atoms with Crippen molar-refractivity contribution in [1.29, 1.82) is 0 Å². The lowest BCUT2D eigenvalue weighted by atomic mass is 9.74. The summed E-state index contributed by atoms with van der Waals surface area (Å²) in [6, 6.07) is 15.5. The van der Waals surface area contributed by atoms with Crippen LogP contribution < -0.4 is 16.0 Å². The molecule has 162 valence electrons. The second-order valence-electron chi connectivity index (χ2n) is 8.63. The topological polar surface area (TPSA) is 96.5 Å². The zero-order valence-corrected chi connectivity index (χ0v) is 17.6. The third-order valence-corrected chi connectivity index (χ3v) is 6.53. The zero-order valence-electron chi connectivity index (χ0n) is 17.6. The molecule has 0 radical (unpaired) electrons. The molecular formula is C25H23N3O4. The van der Waals surface area contributed by atoms with Gasteiger partial charge < -0.3 is 15.4 Å². The average molecular weight is 429 g/mol. The first-order valence-corrected chi connectivity index (χ1v) is 10.5. The summed E-state index contributed by atoms with van der Waals surface area (Å²) in [5.41, 5.74) is 1.52. The van der Waals surface area contributed by atoms with Gasteiger partial charge in [0.2, 0.25) is 0 Å². The predicted molar refractivity (Wildman–Crippen MR) is 119 cm³/mol. The SMILES string of the molecule is C=C1CCC12C=C2OC(c1ccc(NC(=O)c2ccccc2)cc1)C1(C)NC(=O)NC1=O. The van der Waals surface area contributed by atoms with Crippen molar-refractivity contribution >= 4 is 23.5 Å². The van der Waals surface area contributed by atoms with Gasteiger partial charge in [-0.15, -0.1) is 0 Å². The lowest BCUT2D eigenvalue weighted by Gasteiger charge is -2.35. The Hall–Kier alpha value is -3.87. The molecule has 7 heteroatoms. The van der Waals surface area contributed by atoms with Crippen molar-refractivity contribution in [2.24, 2.45) is 5.41 Å². The lowest BCUT2D eigenvalue weighted by molar-refractivity contribution is -0.128. The molecule has 1 saturated carbocycles. The zero-order chi connectivity index (χ0) is 22.5. The standard InChI is InChI=1S/C25H23N3O4/c1-15-12-13-25(15)14-19(25)32-20(24(2)22(30)27-23(31)28-24)16-8-10-18(11-9-16)26-21(29)17-6-4-3-5-7-17/h3-11,14,20H,1,12-13H2,2H3,(H,26,29)(H2,27,28,30,31). The first-order chi connectivity index (χ1) is 15.3. The molecule has 3 N–H and O–H groups in total. The molecule has 2 aromatic carbocycles. The number of carbonyl (C=O) groups is 3. The summed E-state index contributed by atoms with van der Waals surface area (Å²) < 4.78 is 6.31. The average Bonchev–Trinajstić information content (AvgIpc) is 3.48. The summed E-state index contributed by atoms with van der Waals surface area (Å²) in [5.74, 6) is 0.126. The molecule has 3 unspecified atom stereocenters. The molecule has 32 heavy (non-hydrogen) atoms. The van der Waals surface area contributed by atoms with Crippen molar-refractivity contribution in [3.8, 4) is 0 Å². The fourth-order valence-electron chi connectivity index (χ4n) is 4.29. The normalized spacial score (nSPS) is 26.5. The predicted octanol–water partition coefficient (Wildman–Crippen LogP) is 3.83. The highest BCUT2D eigenvalue weighted by molar-refractivity contribution is 6.07. The second-order valence-corrected chi connectivity index (χ2v) is 8.63. The van der Waals surface area contributed by atoms with E-state index in [1.54, 1.807) is 55.5 Å². The number of hydrogen-bond acceptors (Lipinski definition) is 4. The lowest BCUT2D eigenvalue weighted by Crippen LogP contribution is -2.50. The van der Waals surface area contributed by atoms with Gasteiger partial charge in [-0.25, -0.2) is 4.79 Å². The highest BCUT2D eigenvalue weighted by Gasteiger charge is 2.58. The molecule has 1 aliphatic heterocycles. The van der Waals surface area contributed by atoms with Crippen LogP contribution in [0.25, 0.3) is 0 Å². The third-order valence-electron chi connectivity index (χ3n) is 6.53. The monoisotopic (exact) mass is 429 g/mol. The minimum Gasteiger partial charge on any atom is -0.486 e. The van der Waals surface area contributed by atoms with Gasteiger partial charge in [-0.3, -0.25) is 14.9 Å². The Labute approximate surface area is 185 Å². The Kier molecular flexibility index (Phi) is 4.44. The second kappa shape index (κ2) is 7.09. The number of benzene rings is 2. The van der Waals surface area contributed by atoms with E-state index in [-0.39, 0.29) is 11.3 Å². The molecule has 1 heterocycles. The molecule has 2 aromatic rings. The first-order valence-electron chi connectivity index (χ1n) is 10.5. The molecular weight excluding hydrogens is 406 g/mol. The highest BCUT2D eigenvalue weighted by atomic mass is 16.5. The van der Waals surface area contributed by atoms with Gasteiger partial charge in [-0.1, -0.05) is 42.5 Å². The Morgan fingerprint density at radius 3 is 2.38 bits per heavy atom. The van der Waals surface area contributed by atoms with Gasteiger partial charge in [-0.2, -0.15) is 0 Å². The molecule has 1 saturated heterocycles. The Morgan fingerprint density at radius 2 is 1.84 bits per heavy atom. The van der Waals surface area contributed by atoms with Gasteiger partial charge in [0.1, 0.15) is 5.76 Å². The number of imide groups is 1. The van der Waals surface area contributed by atoms with Gasteiger partial charge in [-0.05, 0) is 55.7 Å². The van der Waals surface area contributed by atoms with Crippen LogP contribution in [0.15, 0.2) is 78.6 Å². The van der Waals surface area contributed by atoms with Crippen LogP contribution in [0.4, 0.5) is 10.5 Å². The smallest absolute Gasteiger partial charge is 0.322 e. The maximum Gasteiger partial charge on any atom is 0.322 e. The first kappa shape index (κ1) is 20.1. The van der Waals surface area contributed by atoms with Gasteiger partial charge in [0, 0.05) is 11.3 Å². The molecule has 0 bridgehead atoms.